The zero-order valence-corrected chi connectivity index (χ0v) is 25.3. The molecule has 6 aromatic carbocycles. The van der Waals surface area contributed by atoms with Crippen molar-refractivity contribution in [3.8, 4) is 56.5 Å². The monoisotopic (exact) mass is 601 g/mol. The van der Waals surface area contributed by atoms with Crippen LogP contribution in [0.1, 0.15) is 0 Å². The standard InChI is InChI=1S/C42H27N5/c1-4-13-28(14-5-1)35-27-36(29-15-6-2-7-16-29)45-41(44-35)31-23-25-32(26-24-31)47-37-21-11-10-19-33(37)40-39-34(20-12-22-38(39)47)43-42(46-40)30-17-8-3-9-18-30/h1-27H. The van der Waals surface area contributed by atoms with Crippen LogP contribution in [0.5, 0.6) is 0 Å². The van der Waals surface area contributed by atoms with Crippen LogP contribution in [0.25, 0.3) is 67.5 Å². The second kappa shape index (κ2) is 11.2. The zero-order valence-electron chi connectivity index (χ0n) is 25.3. The highest BCUT2D eigenvalue weighted by atomic mass is 15.2. The van der Waals surface area contributed by atoms with E-state index < -0.39 is 0 Å². The van der Waals surface area contributed by atoms with Crippen LogP contribution in [0.3, 0.4) is 0 Å². The van der Waals surface area contributed by atoms with Gasteiger partial charge < -0.3 is 4.90 Å². The van der Waals surface area contributed by atoms with E-state index >= 15 is 0 Å². The van der Waals surface area contributed by atoms with Crippen LogP contribution in [0.15, 0.2) is 164 Å². The summed E-state index contributed by atoms with van der Waals surface area (Å²) in [6.07, 6.45) is 0. The van der Waals surface area contributed by atoms with Crippen molar-refractivity contribution in [3.63, 3.8) is 0 Å². The minimum atomic E-state index is 0.685. The molecule has 0 N–H and O–H groups in total. The van der Waals surface area contributed by atoms with Gasteiger partial charge in [-0.15, -0.1) is 0 Å². The number of rotatable bonds is 5. The van der Waals surface area contributed by atoms with E-state index in [4.69, 9.17) is 19.9 Å². The Bertz CT molecular complexity index is 2330. The summed E-state index contributed by atoms with van der Waals surface area (Å²) in [5.41, 5.74) is 11.9. The van der Waals surface area contributed by atoms with Crippen molar-refractivity contribution in [1.82, 2.24) is 19.9 Å². The summed E-state index contributed by atoms with van der Waals surface area (Å²) in [7, 11) is 0. The highest BCUT2D eigenvalue weighted by molar-refractivity contribution is 6.11. The van der Waals surface area contributed by atoms with Crippen molar-refractivity contribution in [2.24, 2.45) is 0 Å². The van der Waals surface area contributed by atoms with Crippen molar-refractivity contribution in [3.05, 3.63) is 164 Å². The van der Waals surface area contributed by atoms with Gasteiger partial charge in [-0.25, -0.2) is 19.9 Å². The Hall–Kier alpha value is -6.46. The van der Waals surface area contributed by atoms with Crippen LogP contribution in [0, 0.1) is 0 Å². The van der Waals surface area contributed by atoms with E-state index in [0.29, 0.717) is 5.82 Å². The molecule has 1 aliphatic heterocycles. The predicted octanol–water partition coefficient (Wildman–Crippen LogP) is 10.5. The summed E-state index contributed by atoms with van der Waals surface area (Å²) in [5.74, 6) is 1.41. The molecule has 0 fully saturated rings. The maximum absolute atomic E-state index is 5.14. The number of hydrogen-bond acceptors (Lipinski definition) is 5. The molecular weight excluding hydrogens is 574 g/mol. The van der Waals surface area contributed by atoms with Gasteiger partial charge in [-0.05, 0) is 48.5 Å². The van der Waals surface area contributed by atoms with E-state index in [0.717, 1.165) is 78.7 Å². The summed E-state index contributed by atoms with van der Waals surface area (Å²) < 4.78 is 0. The second-order valence-corrected chi connectivity index (χ2v) is 11.5. The first kappa shape index (κ1) is 26.9. The van der Waals surface area contributed by atoms with Gasteiger partial charge in [0.25, 0.3) is 0 Å². The van der Waals surface area contributed by atoms with Crippen LogP contribution < -0.4 is 4.90 Å². The molecule has 3 heterocycles. The molecule has 1 aliphatic rings. The average molecular weight is 602 g/mol. The highest BCUT2D eigenvalue weighted by Gasteiger charge is 2.28. The first-order valence-corrected chi connectivity index (χ1v) is 15.7. The lowest BCUT2D eigenvalue weighted by molar-refractivity contribution is 1.18. The summed E-state index contributed by atoms with van der Waals surface area (Å²) in [6, 6.07) is 56.1. The number of nitrogens with zero attached hydrogens (tertiary/aromatic N) is 5. The first-order chi connectivity index (χ1) is 23.3. The van der Waals surface area contributed by atoms with Crippen LogP contribution in [0.4, 0.5) is 17.1 Å². The Morgan fingerprint density at radius 2 is 0.915 bits per heavy atom. The van der Waals surface area contributed by atoms with Crippen LogP contribution in [-0.4, -0.2) is 19.9 Å². The van der Waals surface area contributed by atoms with Crippen molar-refractivity contribution in [2.75, 3.05) is 4.90 Å². The molecule has 220 valence electrons. The molecule has 5 nitrogen and oxygen atoms in total. The van der Waals surface area contributed by atoms with Gasteiger partial charge in [0.2, 0.25) is 0 Å². The van der Waals surface area contributed by atoms with E-state index in [1.54, 1.807) is 0 Å². The van der Waals surface area contributed by atoms with Crippen molar-refractivity contribution >= 4 is 28.0 Å². The molecule has 0 radical (unpaired) electrons. The van der Waals surface area contributed by atoms with E-state index in [9.17, 15) is 0 Å². The molecule has 0 amide bonds. The maximum atomic E-state index is 5.14. The number of anilines is 3. The van der Waals surface area contributed by atoms with Gasteiger partial charge in [-0.2, -0.15) is 0 Å². The lowest BCUT2D eigenvalue weighted by atomic mass is 9.96. The van der Waals surface area contributed by atoms with Gasteiger partial charge in [-0.3, -0.25) is 0 Å². The summed E-state index contributed by atoms with van der Waals surface area (Å²) >= 11 is 0. The number of benzene rings is 6. The molecule has 0 atom stereocenters. The third kappa shape index (κ3) is 4.73. The van der Waals surface area contributed by atoms with E-state index in [1.165, 1.54) is 0 Å². The minimum Gasteiger partial charge on any atom is -0.309 e. The molecular formula is C42H27N5. The normalized spacial score (nSPS) is 11.8. The lowest BCUT2D eigenvalue weighted by Crippen LogP contribution is -2.16. The number of aromatic nitrogens is 4. The van der Waals surface area contributed by atoms with Gasteiger partial charge >= 0.3 is 0 Å². The number of para-hydroxylation sites is 1. The molecule has 0 aliphatic carbocycles. The first-order valence-electron chi connectivity index (χ1n) is 15.7. The smallest absolute Gasteiger partial charge is 0.160 e. The fraction of sp³-hybridized carbons (Fsp3) is 0. The number of hydrogen-bond donors (Lipinski definition) is 0. The summed E-state index contributed by atoms with van der Waals surface area (Å²) in [5, 5.41) is 1.04. The van der Waals surface area contributed by atoms with E-state index in [1.807, 2.05) is 54.6 Å². The summed E-state index contributed by atoms with van der Waals surface area (Å²) in [6.45, 7) is 0. The molecule has 8 aromatic rings. The van der Waals surface area contributed by atoms with Crippen molar-refractivity contribution < 1.29 is 0 Å². The third-order valence-electron chi connectivity index (χ3n) is 8.62. The van der Waals surface area contributed by atoms with Gasteiger partial charge in [0, 0.05) is 33.5 Å². The fourth-order valence-electron chi connectivity index (χ4n) is 6.39. The lowest BCUT2D eigenvalue weighted by Gasteiger charge is -2.33. The number of fused-ring (bicyclic) bond motifs is 2. The molecule has 0 saturated carbocycles. The zero-order chi connectivity index (χ0) is 31.2. The van der Waals surface area contributed by atoms with Crippen LogP contribution in [-0.2, 0) is 0 Å². The third-order valence-corrected chi connectivity index (χ3v) is 8.62. The molecule has 0 spiro atoms. The fourth-order valence-corrected chi connectivity index (χ4v) is 6.39. The molecule has 5 heteroatoms. The molecule has 9 rings (SSSR count). The quantitative estimate of drug-likeness (QED) is 0.196. The molecule has 0 unspecified atom stereocenters. The van der Waals surface area contributed by atoms with Gasteiger partial charge in [0.05, 0.1) is 39.4 Å². The summed E-state index contributed by atoms with van der Waals surface area (Å²) in [4.78, 5) is 22.5. The Morgan fingerprint density at radius 1 is 0.383 bits per heavy atom. The molecule has 0 bridgehead atoms. The maximum Gasteiger partial charge on any atom is 0.160 e. The Kier molecular flexibility index (Phi) is 6.39. The molecule has 47 heavy (non-hydrogen) atoms. The van der Waals surface area contributed by atoms with E-state index in [-0.39, 0.29) is 0 Å². The van der Waals surface area contributed by atoms with Crippen molar-refractivity contribution in [1.29, 1.82) is 0 Å². The average Bonchev–Trinajstić information content (AvgIpc) is 3.16. The second-order valence-electron chi connectivity index (χ2n) is 11.5. The minimum absolute atomic E-state index is 0.685. The SMILES string of the molecule is c1ccc(-c2cc(-c3ccccc3)nc(-c3ccc(N4c5ccccc5-c5nc(-c6ccccc6)nc6cccc4c56)cc3)n2)cc1. The van der Waals surface area contributed by atoms with Crippen molar-refractivity contribution in [2.45, 2.75) is 0 Å². The largest absolute Gasteiger partial charge is 0.309 e. The highest BCUT2D eigenvalue weighted by Crippen LogP contribution is 2.50. The van der Waals surface area contributed by atoms with Gasteiger partial charge in [-0.1, -0.05) is 115 Å². The Balaban J connectivity index is 1.17. The predicted molar refractivity (Wildman–Crippen MR) is 191 cm³/mol. The Morgan fingerprint density at radius 3 is 1.57 bits per heavy atom. The topological polar surface area (TPSA) is 54.8 Å². The van der Waals surface area contributed by atoms with Crippen LogP contribution in [0.2, 0.25) is 0 Å². The van der Waals surface area contributed by atoms with Gasteiger partial charge in [0.1, 0.15) is 0 Å². The molecule has 0 saturated heterocycles. The van der Waals surface area contributed by atoms with Gasteiger partial charge in [0.15, 0.2) is 11.6 Å². The Labute approximate surface area is 272 Å². The molecule has 2 aromatic heterocycles. The van der Waals surface area contributed by atoms with Crippen LogP contribution >= 0.6 is 0 Å². The van der Waals surface area contributed by atoms with E-state index in [2.05, 4.69) is 114 Å².